The molecular weight excluding hydrogens is 244 g/mol. The molecule has 0 bridgehead atoms. The molecule has 19 heavy (non-hydrogen) atoms. The summed E-state index contributed by atoms with van der Waals surface area (Å²) in [6.45, 7) is 9.77. The van der Waals surface area contributed by atoms with Crippen molar-refractivity contribution >= 4 is 6.03 Å². The Balaban J connectivity index is 2.43. The third kappa shape index (κ3) is 5.37. The van der Waals surface area contributed by atoms with Crippen molar-refractivity contribution in [3.63, 3.8) is 0 Å². The van der Waals surface area contributed by atoms with Gasteiger partial charge >= 0.3 is 6.03 Å². The third-order valence-electron chi connectivity index (χ3n) is 3.80. The molecule has 1 saturated heterocycles. The van der Waals surface area contributed by atoms with E-state index in [1.165, 1.54) is 0 Å². The molecule has 0 aromatic carbocycles. The van der Waals surface area contributed by atoms with Crippen LogP contribution in [0.3, 0.4) is 0 Å². The smallest absolute Gasteiger partial charge is 0.315 e. The maximum Gasteiger partial charge on any atom is 0.315 e. The fourth-order valence-electron chi connectivity index (χ4n) is 2.32. The topological polar surface area (TPSA) is 70.6 Å². The summed E-state index contributed by atoms with van der Waals surface area (Å²) in [6.07, 6.45) is 1.57. The first kappa shape index (κ1) is 16.2. The zero-order valence-corrected chi connectivity index (χ0v) is 12.5. The van der Waals surface area contributed by atoms with Crippen molar-refractivity contribution in [1.29, 1.82) is 0 Å². The van der Waals surface area contributed by atoms with E-state index >= 15 is 0 Å². The molecule has 2 amide bonds. The van der Waals surface area contributed by atoms with E-state index in [0.29, 0.717) is 12.3 Å². The maximum atomic E-state index is 12.0. The molecule has 1 heterocycles. The number of hydrogen-bond donors (Lipinski definition) is 3. The van der Waals surface area contributed by atoms with Crippen molar-refractivity contribution in [3.05, 3.63) is 0 Å². The zero-order chi connectivity index (χ0) is 14.5. The van der Waals surface area contributed by atoms with Gasteiger partial charge in [-0.3, -0.25) is 0 Å². The van der Waals surface area contributed by atoms with Crippen molar-refractivity contribution in [1.82, 2.24) is 10.6 Å². The molecule has 3 atom stereocenters. The van der Waals surface area contributed by atoms with E-state index in [0.717, 1.165) is 19.6 Å². The molecule has 0 radical (unpaired) electrons. The Hall–Kier alpha value is -0.810. The van der Waals surface area contributed by atoms with E-state index in [4.69, 9.17) is 9.84 Å². The van der Waals surface area contributed by atoms with E-state index < -0.39 is 0 Å². The largest absolute Gasteiger partial charge is 0.396 e. The summed E-state index contributed by atoms with van der Waals surface area (Å²) in [5, 5.41) is 15.0. The van der Waals surface area contributed by atoms with Crippen molar-refractivity contribution in [2.45, 2.75) is 52.6 Å². The number of ether oxygens (including phenoxy) is 1. The molecule has 0 aromatic heterocycles. The highest BCUT2D eigenvalue weighted by Gasteiger charge is 2.28. The highest BCUT2D eigenvalue weighted by Crippen LogP contribution is 2.21. The molecule has 1 fully saturated rings. The number of amides is 2. The van der Waals surface area contributed by atoms with Gasteiger partial charge in [-0.2, -0.15) is 0 Å². The van der Waals surface area contributed by atoms with Gasteiger partial charge in [-0.15, -0.1) is 0 Å². The van der Waals surface area contributed by atoms with E-state index in [1.807, 2.05) is 6.92 Å². The minimum absolute atomic E-state index is 0.0375. The summed E-state index contributed by atoms with van der Waals surface area (Å²) >= 11 is 0. The summed E-state index contributed by atoms with van der Waals surface area (Å²) < 4.78 is 5.33. The summed E-state index contributed by atoms with van der Waals surface area (Å²) in [5.41, 5.74) is -0.0697. The fraction of sp³-hybridized carbons (Fsp3) is 0.929. The quantitative estimate of drug-likeness (QED) is 0.710. The first-order valence-electron chi connectivity index (χ1n) is 7.10. The standard InChI is InChI=1S/C14H28N2O3/c1-10(11-6-8-19-9-11)15-13(18)16-12(5-7-17)14(2,3)4/h10-12,17H,5-9H2,1-4H3,(H2,15,16,18)/t10-,11+,12-/m0/s1. The van der Waals surface area contributed by atoms with Crippen molar-refractivity contribution in [3.8, 4) is 0 Å². The Labute approximate surface area is 116 Å². The highest BCUT2D eigenvalue weighted by molar-refractivity contribution is 5.74. The number of rotatable bonds is 5. The molecule has 0 saturated carbocycles. The minimum Gasteiger partial charge on any atom is -0.396 e. The third-order valence-corrected chi connectivity index (χ3v) is 3.80. The van der Waals surface area contributed by atoms with Crippen LogP contribution in [0.4, 0.5) is 4.79 Å². The van der Waals surface area contributed by atoms with Gasteiger partial charge in [0, 0.05) is 31.2 Å². The zero-order valence-electron chi connectivity index (χ0n) is 12.5. The van der Waals surface area contributed by atoms with E-state index in [-0.39, 0.29) is 30.1 Å². The number of nitrogens with one attached hydrogen (secondary N) is 2. The Morgan fingerprint density at radius 3 is 2.58 bits per heavy atom. The van der Waals surface area contributed by atoms with Gasteiger partial charge in [0.05, 0.1) is 6.61 Å². The van der Waals surface area contributed by atoms with Crippen LogP contribution in [0.2, 0.25) is 0 Å². The first-order valence-corrected chi connectivity index (χ1v) is 7.10. The molecule has 0 aliphatic carbocycles. The van der Waals surface area contributed by atoms with Gasteiger partial charge in [0.2, 0.25) is 0 Å². The van der Waals surface area contributed by atoms with E-state index in [1.54, 1.807) is 0 Å². The predicted molar refractivity (Wildman–Crippen MR) is 75.0 cm³/mol. The number of aliphatic hydroxyl groups excluding tert-OH is 1. The molecule has 1 aliphatic heterocycles. The van der Waals surface area contributed by atoms with Crippen LogP contribution in [0.1, 0.15) is 40.5 Å². The Bertz CT molecular complexity index is 283. The SMILES string of the molecule is C[C@H](NC(=O)N[C@@H](CCO)C(C)(C)C)[C@@H]1CCOC1. The number of carbonyl (C=O) groups excluding carboxylic acids is 1. The van der Waals surface area contributed by atoms with Crippen LogP contribution in [-0.4, -0.2) is 43.0 Å². The molecule has 0 aromatic rings. The lowest BCUT2D eigenvalue weighted by Crippen LogP contribution is -2.51. The van der Waals surface area contributed by atoms with Crippen LogP contribution in [-0.2, 0) is 4.74 Å². The van der Waals surface area contributed by atoms with Crippen LogP contribution >= 0.6 is 0 Å². The van der Waals surface area contributed by atoms with Gasteiger partial charge in [-0.1, -0.05) is 20.8 Å². The summed E-state index contributed by atoms with van der Waals surface area (Å²) in [7, 11) is 0. The molecule has 5 heteroatoms. The van der Waals surface area contributed by atoms with Crippen LogP contribution < -0.4 is 10.6 Å². The lowest BCUT2D eigenvalue weighted by atomic mass is 9.85. The van der Waals surface area contributed by atoms with Gasteiger partial charge in [0.15, 0.2) is 0 Å². The first-order chi connectivity index (χ1) is 8.84. The normalized spacial score (nSPS) is 22.9. The van der Waals surface area contributed by atoms with E-state index in [2.05, 4.69) is 31.4 Å². The molecule has 1 aliphatic rings. The van der Waals surface area contributed by atoms with Gasteiger partial charge in [-0.05, 0) is 25.2 Å². The molecule has 0 unspecified atom stereocenters. The predicted octanol–water partition coefficient (Wildman–Crippen LogP) is 1.51. The average Bonchev–Trinajstić information content (AvgIpc) is 2.80. The maximum absolute atomic E-state index is 12.0. The van der Waals surface area contributed by atoms with Crippen LogP contribution in [0, 0.1) is 11.3 Å². The number of hydrogen-bond acceptors (Lipinski definition) is 3. The summed E-state index contributed by atoms with van der Waals surface area (Å²) in [4.78, 5) is 12.0. The number of carbonyl (C=O) groups is 1. The van der Waals surface area contributed by atoms with Gasteiger partial charge in [-0.25, -0.2) is 4.79 Å². The molecule has 0 spiro atoms. The van der Waals surface area contributed by atoms with Crippen LogP contribution in [0.25, 0.3) is 0 Å². The molecule has 1 rings (SSSR count). The van der Waals surface area contributed by atoms with Crippen LogP contribution in [0.15, 0.2) is 0 Å². The second-order valence-corrected chi connectivity index (χ2v) is 6.46. The van der Waals surface area contributed by atoms with Crippen molar-refractivity contribution in [2.75, 3.05) is 19.8 Å². The lowest BCUT2D eigenvalue weighted by Gasteiger charge is -2.32. The highest BCUT2D eigenvalue weighted by atomic mass is 16.5. The average molecular weight is 272 g/mol. The van der Waals surface area contributed by atoms with Gasteiger partial charge in [0.1, 0.15) is 0 Å². The Morgan fingerprint density at radius 1 is 1.42 bits per heavy atom. The van der Waals surface area contributed by atoms with Gasteiger partial charge < -0.3 is 20.5 Å². The number of aliphatic hydroxyl groups is 1. The second-order valence-electron chi connectivity index (χ2n) is 6.46. The molecular formula is C14H28N2O3. The molecule has 5 nitrogen and oxygen atoms in total. The monoisotopic (exact) mass is 272 g/mol. The molecule has 112 valence electrons. The Kier molecular flexibility index (Phi) is 6.07. The number of urea groups is 1. The Morgan fingerprint density at radius 2 is 2.11 bits per heavy atom. The van der Waals surface area contributed by atoms with E-state index in [9.17, 15) is 4.79 Å². The fourth-order valence-corrected chi connectivity index (χ4v) is 2.32. The molecule has 3 N–H and O–H groups in total. The summed E-state index contributed by atoms with van der Waals surface area (Å²) in [5.74, 6) is 0.400. The van der Waals surface area contributed by atoms with Crippen molar-refractivity contribution in [2.24, 2.45) is 11.3 Å². The lowest BCUT2D eigenvalue weighted by molar-refractivity contribution is 0.173. The minimum atomic E-state index is -0.159. The van der Waals surface area contributed by atoms with Crippen LogP contribution in [0.5, 0.6) is 0 Å². The van der Waals surface area contributed by atoms with Gasteiger partial charge in [0.25, 0.3) is 0 Å². The second kappa shape index (κ2) is 7.10. The van der Waals surface area contributed by atoms with Crippen molar-refractivity contribution < 1.29 is 14.6 Å². The summed E-state index contributed by atoms with van der Waals surface area (Å²) in [6, 6.07) is -0.0884.